The number of hydrogen-bond acceptors (Lipinski definition) is 6. The monoisotopic (exact) mass is 488 g/mol. The lowest BCUT2D eigenvalue weighted by Crippen LogP contribution is -2.08. The summed E-state index contributed by atoms with van der Waals surface area (Å²) in [6, 6.07) is 8.13. The van der Waals surface area contributed by atoms with Crippen LogP contribution in [0.5, 0.6) is 23.0 Å². The number of hydrogen-bond donors (Lipinski definition) is 0. The van der Waals surface area contributed by atoms with Crippen LogP contribution in [0.25, 0.3) is 0 Å². The Balaban J connectivity index is 1.95. The highest BCUT2D eigenvalue weighted by molar-refractivity contribution is 5.50. The summed E-state index contributed by atoms with van der Waals surface area (Å²) in [5.41, 5.74) is -4.53. The molecule has 0 aliphatic carbocycles. The molecule has 0 radical (unpaired) electrons. The van der Waals surface area contributed by atoms with Crippen molar-refractivity contribution in [2.75, 3.05) is 0 Å². The zero-order valence-electron chi connectivity index (χ0n) is 16.4. The van der Waals surface area contributed by atoms with E-state index in [1.54, 1.807) is 0 Å². The minimum absolute atomic E-state index is 0.280. The van der Waals surface area contributed by atoms with E-state index in [4.69, 9.17) is 9.47 Å². The van der Waals surface area contributed by atoms with Crippen molar-refractivity contribution in [2.24, 2.45) is 0 Å². The van der Waals surface area contributed by atoms with Crippen molar-refractivity contribution in [1.29, 1.82) is 0 Å². The topological polar surface area (TPSA) is 105 Å². The highest BCUT2D eigenvalue weighted by atomic mass is 19.4. The van der Waals surface area contributed by atoms with Gasteiger partial charge in [0.2, 0.25) is 0 Å². The number of alkyl halides is 6. The number of benzene rings is 3. The van der Waals surface area contributed by atoms with Crippen LogP contribution in [0.15, 0.2) is 60.7 Å². The molecule has 0 atom stereocenters. The Bertz CT molecular complexity index is 1170. The largest absolute Gasteiger partial charge is 0.457 e. The van der Waals surface area contributed by atoms with E-state index in [0.29, 0.717) is 0 Å². The third-order valence-electron chi connectivity index (χ3n) is 4.22. The maximum Gasteiger partial charge on any atom is 0.420 e. The van der Waals surface area contributed by atoms with Crippen molar-refractivity contribution < 1.29 is 45.7 Å². The molecule has 14 heteroatoms. The lowest BCUT2D eigenvalue weighted by molar-refractivity contribution is -0.385. The van der Waals surface area contributed by atoms with Crippen LogP contribution >= 0.6 is 0 Å². The number of nitro benzene ring substituents is 2. The van der Waals surface area contributed by atoms with E-state index in [0.717, 1.165) is 30.3 Å². The van der Waals surface area contributed by atoms with Crippen molar-refractivity contribution in [3.63, 3.8) is 0 Å². The number of non-ortho nitro benzene ring substituents is 2. The first kappa shape index (κ1) is 24.3. The summed E-state index contributed by atoms with van der Waals surface area (Å²) in [6.45, 7) is 0. The fourth-order valence-electron chi connectivity index (χ4n) is 2.74. The van der Waals surface area contributed by atoms with Crippen LogP contribution in [0, 0.1) is 20.2 Å². The summed E-state index contributed by atoms with van der Waals surface area (Å²) in [5, 5.41) is 21.6. The summed E-state index contributed by atoms with van der Waals surface area (Å²) in [5.74, 6) is -2.15. The lowest BCUT2D eigenvalue weighted by atomic mass is 10.1. The van der Waals surface area contributed by atoms with Crippen LogP contribution in [0.2, 0.25) is 0 Å². The third-order valence-corrected chi connectivity index (χ3v) is 4.22. The predicted molar refractivity (Wildman–Crippen MR) is 103 cm³/mol. The number of nitrogens with zero attached hydrogens (tertiary/aromatic N) is 2. The molecule has 0 unspecified atom stereocenters. The average Bonchev–Trinajstić information content (AvgIpc) is 2.72. The van der Waals surface area contributed by atoms with Gasteiger partial charge in [0.15, 0.2) is 0 Å². The van der Waals surface area contributed by atoms with E-state index in [1.165, 1.54) is 18.2 Å². The van der Waals surface area contributed by atoms with Gasteiger partial charge in [0.05, 0.1) is 9.85 Å². The summed E-state index contributed by atoms with van der Waals surface area (Å²) < 4.78 is 90.3. The maximum absolute atomic E-state index is 13.3. The minimum Gasteiger partial charge on any atom is -0.457 e. The van der Waals surface area contributed by atoms with E-state index < -0.39 is 56.2 Å². The Hall–Kier alpha value is -4.36. The van der Waals surface area contributed by atoms with Gasteiger partial charge in [-0.15, -0.1) is 0 Å². The van der Waals surface area contributed by atoms with Gasteiger partial charge >= 0.3 is 12.4 Å². The van der Waals surface area contributed by atoms with E-state index >= 15 is 0 Å². The fourth-order valence-corrected chi connectivity index (χ4v) is 2.74. The molecule has 0 aliphatic rings. The molecule has 0 heterocycles. The molecule has 0 aliphatic heterocycles. The highest BCUT2D eigenvalue weighted by Gasteiger charge is 2.37. The molecular weight excluding hydrogens is 478 g/mol. The summed E-state index contributed by atoms with van der Waals surface area (Å²) in [7, 11) is 0. The second-order valence-electron chi connectivity index (χ2n) is 6.55. The summed E-state index contributed by atoms with van der Waals surface area (Å²) in [4.78, 5) is 19.5. The molecule has 0 bridgehead atoms. The van der Waals surface area contributed by atoms with Gasteiger partial charge in [-0.2, -0.15) is 26.3 Å². The van der Waals surface area contributed by atoms with Crippen LogP contribution in [0.4, 0.5) is 37.7 Å². The molecule has 0 saturated heterocycles. The van der Waals surface area contributed by atoms with E-state index in [-0.39, 0.29) is 23.6 Å². The van der Waals surface area contributed by atoms with Crippen molar-refractivity contribution in [3.05, 3.63) is 92.0 Å². The summed E-state index contributed by atoms with van der Waals surface area (Å²) in [6.07, 6.45) is -10.0. The van der Waals surface area contributed by atoms with Gasteiger partial charge in [-0.25, -0.2) is 0 Å². The molecular formula is C20H10F6N2O6. The van der Waals surface area contributed by atoms with Crippen molar-refractivity contribution in [1.82, 2.24) is 0 Å². The van der Waals surface area contributed by atoms with Gasteiger partial charge in [0.25, 0.3) is 11.4 Å². The van der Waals surface area contributed by atoms with Crippen LogP contribution in [0.3, 0.4) is 0 Å². The third kappa shape index (κ3) is 5.51. The second-order valence-corrected chi connectivity index (χ2v) is 6.55. The molecule has 178 valence electrons. The van der Waals surface area contributed by atoms with Crippen molar-refractivity contribution >= 4 is 11.4 Å². The molecule has 3 rings (SSSR count). The van der Waals surface area contributed by atoms with Crippen LogP contribution in [-0.4, -0.2) is 9.85 Å². The lowest BCUT2D eigenvalue weighted by Gasteiger charge is -2.15. The molecule has 0 amide bonds. The van der Waals surface area contributed by atoms with E-state index in [2.05, 4.69) is 0 Å². The molecule has 0 N–H and O–H groups in total. The SMILES string of the molecule is O=[N+]([O-])c1ccc(Oc2cccc(Oc3ccc([N+](=O)[O-])cc3C(F)(F)F)c2)c(C(F)(F)F)c1. The predicted octanol–water partition coefficient (Wildman–Crippen LogP) is 7.13. The normalized spacial score (nSPS) is 11.7. The summed E-state index contributed by atoms with van der Waals surface area (Å²) >= 11 is 0. The number of halogens is 6. The van der Waals surface area contributed by atoms with Gasteiger partial charge in [-0.05, 0) is 24.3 Å². The first-order chi connectivity index (χ1) is 15.8. The van der Waals surface area contributed by atoms with Crippen LogP contribution in [-0.2, 0) is 12.4 Å². The molecule has 0 fully saturated rings. The first-order valence-corrected chi connectivity index (χ1v) is 8.93. The minimum atomic E-state index is -5.00. The second kappa shape index (κ2) is 8.88. The quantitative estimate of drug-likeness (QED) is 0.208. The molecule has 8 nitrogen and oxygen atoms in total. The Morgan fingerprint density at radius 1 is 0.618 bits per heavy atom. The Morgan fingerprint density at radius 2 is 1.00 bits per heavy atom. The van der Waals surface area contributed by atoms with Gasteiger partial charge < -0.3 is 9.47 Å². The molecule has 34 heavy (non-hydrogen) atoms. The molecule has 3 aromatic rings. The average molecular weight is 488 g/mol. The Kier molecular flexibility index (Phi) is 6.34. The van der Waals surface area contributed by atoms with Crippen LogP contribution in [0.1, 0.15) is 11.1 Å². The van der Waals surface area contributed by atoms with Gasteiger partial charge in [-0.1, -0.05) is 6.07 Å². The molecule has 0 aromatic heterocycles. The zero-order valence-corrected chi connectivity index (χ0v) is 16.4. The maximum atomic E-state index is 13.3. The van der Waals surface area contributed by atoms with Gasteiger partial charge in [0.1, 0.15) is 34.1 Å². The molecule has 0 saturated carbocycles. The van der Waals surface area contributed by atoms with E-state index in [1.807, 2.05) is 0 Å². The van der Waals surface area contributed by atoms with Gasteiger partial charge in [-0.3, -0.25) is 20.2 Å². The first-order valence-electron chi connectivity index (χ1n) is 8.93. The fraction of sp³-hybridized carbons (Fsp3) is 0.100. The van der Waals surface area contributed by atoms with E-state index in [9.17, 15) is 46.6 Å². The van der Waals surface area contributed by atoms with Gasteiger partial charge in [0, 0.05) is 30.3 Å². The van der Waals surface area contributed by atoms with Crippen LogP contribution < -0.4 is 9.47 Å². The highest BCUT2D eigenvalue weighted by Crippen LogP contribution is 2.42. The molecule has 3 aromatic carbocycles. The Morgan fingerprint density at radius 3 is 1.32 bits per heavy atom. The Labute approximate surface area is 185 Å². The molecule has 0 spiro atoms. The number of rotatable bonds is 6. The van der Waals surface area contributed by atoms with Crippen molar-refractivity contribution in [3.8, 4) is 23.0 Å². The standard InChI is InChI=1S/C20H10F6N2O6/c21-19(22,23)15-8-11(27(29)30)4-6-17(15)33-13-2-1-3-14(10-13)34-18-7-5-12(28(31)32)9-16(18)20(24,25)26/h1-10H. The zero-order chi connectivity index (χ0) is 25.3. The van der Waals surface area contributed by atoms with Crippen molar-refractivity contribution in [2.45, 2.75) is 12.4 Å². The number of ether oxygens (including phenoxy) is 2. The number of nitro groups is 2. The smallest absolute Gasteiger partial charge is 0.420 e.